The van der Waals surface area contributed by atoms with E-state index in [1.165, 1.54) is 12.1 Å². The molecule has 4 nitrogen and oxygen atoms in total. The number of carbonyl (C=O) groups is 1. The van der Waals surface area contributed by atoms with Crippen molar-refractivity contribution in [3.8, 4) is 11.8 Å². The monoisotopic (exact) mass is 223 g/mol. The van der Waals surface area contributed by atoms with Crippen molar-refractivity contribution in [3.05, 3.63) is 23.3 Å². The molecule has 5 heteroatoms. The lowest BCUT2D eigenvalue weighted by atomic mass is 10.1. The molecular formula is C10H9NO3S. The molecule has 0 saturated heterocycles. The lowest BCUT2D eigenvalue weighted by Gasteiger charge is -2.06. The zero-order valence-electron chi connectivity index (χ0n) is 8.02. The summed E-state index contributed by atoms with van der Waals surface area (Å²) in [7, 11) is 0. The molecule has 15 heavy (non-hydrogen) atoms. The van der Waals surface area contributed by atoms with E-state index in [0.29, 0.717) is 4.90 Å². The molecule has 0 aliphatic carbocycles. The van der Waals surface area contributed by atoms with Gasteiger partial charge in [0, 0.05) is 4.90 Å². The molecule has 0 fully saturated rings. The molecule has 0 aliphatic rings. The minimum Gasteiger partial charge on any atom is -0.506 e. The Bertz CT molecular complexity index is 437. The van der Waals surface area contributed by atoms with Crippen molar-refractivity contribution >= 4 is 18.6 Å². The first-order chi connectivity index (χ1) is 7.10. The number of phenolic OH excluding ortho intramolecular Hbond substituents is 1. The standard InChI is InChI=1S/C10H9NO3S/c1-2-14-10(13)8-4-7(15)3-6(5-11)9(8)12/h3-4,12,15H,2H2,1H3. The van der Waals surface area contributed by atoms with Crippen LogP contribution in [0, 0.1) is 11.3 Å². The molecule has 1 N–H and O–H groups in total. The second kappa shape index (κ2) is 4.71. The molecule has 0 aliphatic heterocycles. The van der Waals surface area contributed by atoms with Crippen molar-refractivity contribution in [1.82, 2.24) is 0 Å². The Kier molecular flexibility index (Phi) is 3.58. The van der Waals surface area contributed by atoms with E-state index in [4.69, 9.17) is 10.00 Å². The van der Waals surface area contributed by atoms with Crippen LogP contribution in [0.15, 0.2) is 17.0 Å². The average molecular weight is 223 g/mol. The number of aromatic hydroxyl groups is 1. The fourth-order valence-electron chi connectivity index (χ4n) is 1.07. The van der Waals surface area contributed by atoms with Crippen LogP contribution in [0.3, 0.4) is 0 Å². The fourth-order valence-corrected chi connectivity index (χ4v) is 1.33. The van der Waals surface area contributed by atoms with Gasteiger partial charge in [0.15, 0.2) is 0 Å². The molecular weight excluding hydrogens is 214 g/mol. The van der Waals surface area contributed by atoms with Crippen LogP contribution in [0.5, 0.6) is 5.75 Å². The highest BCUT2D eigenvalue weighted by Gasteiger charge is 2.16. The van der Waals surface area contributed by atoms with Gasteiger partial charge in [-0.05, 0) is 19.1 Å². The number of thiol groups is 1. The van der Waals surface area contributed by atoms with Crippen LogP contribution in [0.1, 0.15) is 22.8 Å². The van der Waals surface area contributed by atoms with E-state index in [2.05, 4.69) is 12.6 Å². The molecule has 1 rings (SSSR count). The Labute approximate surface area is 92.5 Å². The molecule has 78 valence electrons. The summed E-state index contributed by atoms with van der Waals surface area (Å²) in [5.74, 6) is -1.03. The Morgan fingerprint density at radius 3 is 2.87 bits per heavy atom. The summed E-state index contributed by atoms with van der Waals surface area (Å²) in [6.45, 7) is 1.86. The average Bonchev–Trinajstić information content (AvgIpc) is 2.21. The highest BCUT2D eigenvalue weighted by Crippen LogP contribution is 2.26. The first kappa shape index (κ1) is 11.4. The fraction of sp³-hybridized carbons (Fsp3) is 0.200. The van der Waals surface area contributed by atoms with E-state index in [-0.39, 0.29) is 23.5 Å². The number of nitrogens with zero attached hydrogens (tertiary/aromatic N) is 1. The van der Waals surface area contributed by atoms with Gasteiger partial charge in [0.05, 0.1) is 12.2 Å². The summed E-state index contributed by atoms with van der Waals surface area (Å²) in [5.41, 5.74) is -0.0357. The second-order valence-electron chi connectivity index (χ2n) is 2.72. The Hall–Kier alpha value is -1.67. The third kappa shape index (κ3) is 2.42. The number of hydrogen-bond acceptors (Lipinski definition) is 5. The molecule has 1 aromatic carbocycles. The minimum atomic E-state index is -0.664. The number of rotatable bonds is 2. The zero-order valence-corrected chi connectivity index (χ0v) is 8.91. The van der Waals surface area contributed by atoms with Gasteiger partial charge in [-0.25, -0.2) is 4.79 Å². The molecule has 0 bridgehead atoms. The predicted octanol–water partition coefficient (Wildman–Crippen LogP) is 1.73. The van der Waals surface area contributed by atoms with E-state index in [1.54, 1.807) is 13.0 Å². The van der Waals surface area contributed by atoms with E-state index in [9.17, 15) is 9.90 Å². The molecule has 0 radical (unpaired) electrons. The number of carbonyl (C=O) groups excluding carboxylic acids is 1. The van der Waals surface area contributed by atoms with Crippen LogP contribution < -0.4 is 0 Å². The largest absolute Gasteiger partial charge is 0.506 e. The first-order valence-electron chi connectivity index (χ1n) is 4.23. The molecule has 0 heterocycles. The molecule has 0 atom stereocenters. The number of hydrogen-bond donors (Lipinski definition) is 2. The van der Waals surface area contributed by atoms with Crippen molar-refractivity contribution in [1.29, 1.82) is 5.26 Å². The van der Waals surface area contributed by atoms with Gasteiger partial charge in [0.2, 0.25) is 0 Å². The third-order valence-corrected chi connectivity index (χ3v) is 1.97. The topological polar surface area (TPSA) is 70.3 Å². The van der Waals surface area contributed by atoms with Gasteiger partial charge in [-0.3, -0.25) is 0 Å². The van der Waals surface area contributed by atoms with Crippen LogP contribution in [-0.4, -0.2) is 17.7 Å². The van der Waals surface area contributed by atoms with Crippen LogP contribution in [-0.2, 0) is 4.74 Å². The smallest absolute Gasteiger partial charge is 0.341 e. The number of benzene rings is 1. The maximum atomic E-state index is 11.4. The molecule has 0 unspecified atom stereocenters. The molecule has 1 aromatic rings. The quantitative estimate of drug-likeness (QED) is 0.591. The normalized spacial score (nSPS) is 9.40. The summed E-state index contributed by atoms with van der Waals surface area (Å²) in [5, 5.41) is 18.2. The Morgan fingerprint density at radius 1 is 1.67 bits per heavy atom. The minimum absolute atomic E-state index is 0.00514. The third-order valence-electron chi connectivity index (χ3n) is 1.71. The van der Waals surface area contributed by atoms with Crippen LogP contribution >= 0.6 is 12.6 Å². The van der Waals surface area contributed by atoms with Gasteiger partial charge in [0.1, 0.15) is 17.4 Å². The van der Waals surface area contributed by atoms with Crippen molar-refractivity contribution < 1.29 is 14.6 Å². The SMILES string of the molecule is CCOC(=O)c1cc(S)cc(C#N)c1O. The van der Waals surface area contributed by atoms with Crippen LogP contribution in [0.4, 0.5) is 0 Å². The first-order valence-corrected chi connectivity index (χ1v) is 4.68. The summed E-state index contributed by atoms with van der Waals surface area (Å²) in [6.07, 6.45) is 0. The van der Waals surface area contributed by atoms with Crippen molar-refractivity contribution in [2.75, 3.05) is 6.61 Å². The lowest BCUT2D eigenvalue weighted by molar-refractivity contribution is 0.0522. The van der Waals surface area contributed by atoms with E-state index < -0.39 is 5.97 Å². The van der Waals surface area contributed by atoms with Crippen LogP contribution in [0.2, 0.25) is 0 Å². The number of esters is 1. The van der Waals surface area contributed by atoms with Gasteiger partial charge in [0.25, 0.3) is 0 Å². The second-order valence-corrected chi connectivity index (χ2v) is 3.24. The van der Waals surface area contributed by atoms with Crippen molar-refractivity contribution in [3.63, 3.8) is 0 Å². The Morgan fingerprint density at radius 2 is 2.33 bits per heavy atom. The summed E-state index contributed by atoms with van der Waals surface area (Å²) in [4.78, 5) is 11.8. The van der Waals surface area contributed by atoms with E-state index >= 15 is 0 Å². The van der Waals surface area contributed by atoms with Gasteiger partial charge in [-0.1, -0.05) is 0 Å². The Balaban J connectivity index is 3.24. The number of nitriles is 1. The van der Waals surface area contributed by atoms with Gasteiger partial charge in [-0.15, -0.1) is 12.6 Å². The lowest BCUT2D eigenvalue weighted by Crippen LogP contribution is -2.05. The molecule has 0 amide bonds. The van der Waals surface area contributed by atoms with Gasteiger partial charge < -0.3 is 9.84 Å². The van der Waals surface area contributed by atoms with E-state index in [0.717, 1.165) is 0 Å². The zero-order chi connectivity index (χ0) is 11.4. The highest BCUT2D eigenvalue weighted by molar-refractivity contribution is 7.80. The maximum absolute atomic E-state index is 11.4. The van der Waals surface area contributed by atoms with Crippen LogP contribution in [0.25, 0.3) is 0 Å². The molecule has 0 saturated carbocycles. The number of phenols is 1. The van der Waals surface area contributed by atoms with Gasteiger partial charge in [-0.2, -0.15) is 5.26 Å². The maximum Gasteiger partial charge on any atom is 0.341 e. The van der Waals surface area contributed by atoms with Crippen molar-refractivity contribution in [2.24, 2.45) is 0 Å². The van der Waals surface area contributed by atoms with E-state index in [1.807, 2.05) is 0 Å². The summed E-state index contributed by atoms with van der Waals surface area (Å²) in [6, 6.07) is 4.50. The summed E-state index contributed by atoms with van der Waals surface area (Å²) >= 11 is 4.02. The highest BCUT2D eigenvalue weighted by atomic mass is 32.1. The number of ether oxygens (including phenoxy) is 1. The predicted molar refractivity (Wildman–Crippen MR) is 56.0 cm³/mol. The van der Waals surface area contributed by atoms with Crippen molar-refractivity contribution in [2.45, 2.75) is 11.8 Å². The molecule has 0 spiro atoms. The molecule has 0 aromatic heterocycles. The van der Waals surface area contributed by atoms with Gasteiger partial charge >= 0.3 is 5.97 Å². The summed E-state index contributed by atoms with van der Waals surface area (Å²) < 4.78 is 4.72.